The van der Waals surface area contributed by atoms with Crippen molar-refractivity contribution in [2.75, 3.05) is 32.9 Å². The van der Waals surface area contributed by atoms with E-state index in [4.69, 9.17) is 9.47 Å². The van der Waals surface area contributed by atoms with Crippen LogP contribution >= 0.6 is 0 Å². The van der Waals surface area contributed by atoms with E-state index in [2.05, 4.69) is 5.32 Å². The minimum absolute atomic E-state index is 0.0745. The Labute approximate surface area is 171 Å². The van der Waals surface area contributed by atoms with Crippen LogP contribution in [0.4, 0.5) is 0 Å². The van der Waals surface area contributed by atoms with Crippen LogP contribution in [0.15, 0.2) is 48.5 Å². The van der Waals surface area contributed by atoms with E-state index >= 15 is 0 Å². The minimum Gasteiger partial charge on any atom is -0.486 e. The zero-order chi connectivity index (χ0) is 20.1. The predicted octanol–water partition coefficient (Wildman–Crippen LogP) is 2.31. The highest BCUT2D eigenvalue weighted by Crippen LogP contribution is 2.31. The first-order valence-corrected chi connectivity index (χ1v) is 10.3. The van der Waals surface area contributed by atoms with Crippen LogP contribution in [0.2, 0.25) is 0 Å². The molecule has 6 nitrogen and oxygen atoms in total. The molecule has 2 aliphatic rings. The average molecular weight is 396 g/mol. The normalized spacial score (nSPS) is 17.8. The van der Waals surface area contributed by atoms with Crippen LogP contribution in [-0.4, -0.2) is 54.9 Å². The Morgan fingerprint density at radius 2 is 1.76 bits per heavy atom. The second-order valence-electron chi connectivity index (χ2n) is 7.58. The lowest BCUT2D eigenvalue weighted by Gasteiger charge is -2.28. The van der Waals surface area contributed by atoms with Crippen LogP contribution in [0, 0.1) is 0 Å². The number of hydrogen-bond acceptors (Lipinski definition) is 5. The van der Waals surface area contributed by atoms with Gasteiger partial charge in [-0.15, -0.1) is 0 Å². The molecular formula is C23H28N2O4. The molecule has 0 radical (unpaired) electrons. The first kappa shape index (κ1) is 19.7. The quantitative estimate of drug-likeness (QED) is 0.752. The molecule has 0 bridgehead atoms. The number of likely N-dealkylation sites (tertiary alicyclic amines) is 1. The zero-order valence-corrected chi connectivity index (χ0v) is 16.5. The molecule has 6 heteroatoms. The molecule has 2 aliphatic heterocycles. The monoisotopic (exact) mass is 396 g/mol. The second kappa shape index (κ2) is 9.29. The van der Waals surface area contributed by atoms with Crippen LogP contribution in [0.1, 0.15) is 30.0 Å². The largest absolute Gasteiger partial charge is 0.486 e. The SMILES string of the molecule is O=C([C@H](Cc1ccc2c(c1)OCCO2)NC(CO)c1ccccc1)N1CCCC1. The molecule has 0 saturated carbocycles. The number of fused-ring (bicyclic) bond motifs is 1. The summed E-state index contributed by atoms with van der Waals surface area (Å²) in [5.41, 5.74) is 1.97. The molecule has 29 heavy (non-hydrogen) atoms. The first-order chi connectivity index (χ1) is 14.2. The number of carbonyl (C=O) groups is 1. The van der Waals surface area contributed by atoms with E-state index < -0.39 is 6.04 Å². The van der Waals surface area contributed by atoms with Crippen LogP contribution in [0.5, 0.6) is 11.5 Å². The highest BCUT2D eigenvalue weighted by molar-refractivity contribution is 5.82. The third-order valence-corrected chi connectivity index (χ3v) is 5.55. The lowest BCUT2D eigenvalue weighted by atomic mass is 10.0. The summed E-state index contributed by atoms with van der Waals surface area (Å²) >= 11 is 0. The van der Waals surface area contributed by atoms with Crippen molar-refractivity contribution in [3.05, 3.63) is 59.7 Å². The van der Waals surface area contributed by atoms with Gasteiger partial charge in [-0.2, -0.15) is 0 Å². The molecule has 4 rings (SSSR count). The Bertz CT molecular complexity index is 821. The van der Waals surface area contributed by atoms with Crippen molar-refractivity contribution >= 4 is 5.91 Å². The van der Waals surface area contributed by atoms with Gasteiger partial charge < -0.3 is 19.5 Å². The zero-order valence-electron chi connectivity index (χ0n) is 16.5. The molecule has 2 aromatic rings. The van der Waals surface area contributed by atoms with Gasteiger partial charge in [0.15, 0.2) is 11.5 Å². The van der Waals surface area contributed by atoms with Crippen LogP contribution in [0.3, 0.4) is 0 Å². The lowest BCUT2D eigenvalue weighted by Crippen LogP contribution is -2.48. The maximum atomic E-state index is 13.2. The van der Waals surface area contributed by atoms with E-state index in [9.17, 15) is 9.90 Å². The maximum absolute atomic E-state index is 13.2. The molecule has 2 atom stereocenters. The fraction of sp³-hybridized carbons (Fsp3) is 0.435. The van der Waals surface area contributed by atoms with Gasteiger partial charge in [0.25, 0.3) is 0 Å². The standard InChI is InChI=1S/C23H28N2O4/c26-16-20(18-6-2-1-3-7-18)24-19(23(27)25-10-4-5-11-25)14-17-8-9-21-22(15-17)29-13-12-28-21/h1-3,6-9,15,19-20,24,26H,4-5,10-14,16H2/t19-,20?/m0/s1. The number of aliphatic hydroxyl groups is 1. The van der Waals surface area contributed by atoms with Gasteiger partial charge in [0, 0.05) is 13.1 Å². The van der Waals surface area contributed by atoms with Gasteiger partial charge in [-0.3, -0.25) is 10.1 Å². The summed E-state index contributed by atoms with van der Waals surface area (Å²) in [6, 6.07) is 14.9. The van der Waals surface area contributed by atoms with E-state index in [1.54, 1.807) is 0 Å². The lowest BCUT2D eigenvalue weighted by molar-refractivity contribution is -0.132. The fourth-order valence-electron chi connectivity index (χ4n) is 4.01. The molecule has 2 N–H and O–H groups in total. The molecular weight excluding hydrogens is 368 g/mol. The third kappa shape index (κ3) is 4.71. The van der Waals surface area contributed by atoms with Crippen molar-refractivity contribution in [1.82, 2.24) is 10.2 Å². The highest BCUT2D eigenvalue weighted by atomic mass is 16.6. The summed E-state index contributed by atoms with van der Waals surface area (Å²) < 4.78 is 11.3. The van der Waals surface area contributed by atoms with E-state index in [0.717, 1.165) is 48.6 Å². The number of rotatable bonds is 7. The van der Waals surface area contributed by atoms with Gasteiger partial charge in [0.1, 0.15) is 13.2 Å². The Morgan fingerprint density at radius 1 is 1.03 bits per heavy atom. The van der Waals surface area contributed by atoms with E-state index in [1.807, 2.05) is 53.4 Å². The summed E-state index contributed by atoms with van der Waals surface area (Å²) in [5, 5.41) is 13.4. The number of nitrogens with one attached hydrogen (secondary N) is 1. The van der Waals surface area contributed by atoms with Crippen LogP contribution < -0.4 is 14.8 Å². The Hall–Kier alpha value is -2.57. The van der Waals surface area contributed by atoms with Crippen LogP contribution in [0.25, 0.3) is 0 Å². The number of aliphatic hydroxyl groups excluding tert-OH is 1. The van der Waals surface area contributed by atoms with Gasteiger partial charge in [-0.25, -0.2) is 0 Å². The molecule has 0 spiro atoms. The highest BCUT2D eigenvalue weighted by Gasteiger charge is 2.29. The molecule has 154 valence electrons. The minimum atomic E-state index is -0.423. The summed E-state index contributed by atoms with van der Waals surface area (Å²) in [5.74, 6) is 1.56. The van der Waals surface area contributed by atoms with Crippen molar-refractivity contribution in [2.24, 2.45) is 0 Å². The fourth-order valence-corrected chi connectivity index (χ4v) is 4.01. The molecule has 1 fully saturated rings. The van der Waals surface area contributed by atoms with Crippen molar-refractivity contribution in [1.29, 1.82) is 0 Å². The van der Waals surface area contributed by atoms with E-state index in [-0.39, 0.29) is 18.6 Å². The van der Waals surface area contributed by atoms with Crippen LogP contribution in [-0.2, 0) is 11.2 Å². The molecule has 2 heterocycles. The summed E-state index contributed by atoms with van der Waals surface area (Å²) in [6.45, 7) is 2.61. The molecule has 1 amide bonds. The Balaban J connectivity index is 1.55. The smallest absolute Gasteiger partial charge is 0.240 e. The number of carbonyl (C=O) groups excluding carboxylic acids is 1. The van der Waals surface area contributed by atoms with Gasteiger partial charge in [-0.1, -0.05) is 36.4 Å². The number of ether oxygens (including phenoxy) is 2. The summed E-state index contributed by atoms with van der Waals surface area (Å²) in [4.78, 5) is 15.2. The summed E-state index contributed by atoms with van der Waals surface area (Å²) in [6.07, 6.45) is 2.62. The van der Waals surface area contributed by atoms with E-state index in [0.29, 0.717) is 19.6 Å². The topological polar surface area (TPSA) is 71.0 Å². The van der Waals surface area contributed by atoms with Gasteiger partial charge in [-0.05, 0) is 42.5 Å². The number of nitrogens with zero attached hydrogens (tertiary/aromatic N) is 1. The number of benzene rings is 2. The van der Waals surface area contributed by atoms with Gasteiger partial charge >= 0.3 is 0 Å². The molecule has 1 unspecified atom stereocenters. The predicted molar refractivity (Wildman–Crippen MR) is 110 cm³/mol. The van der Waals surface area contributed by atoms with Crippen molar-refractivity contribution in [3.8, 4) is 11.5 Å². The van der Waals surface area contributed by atoms with Crippen molar-refractivity contribution < 1.29 is 19.4 Å². The average Bonchev–Trinajstić information content (AvgIpc) is 3.31. The third-order valence-electron chi connectivity index (χ3n) is 5.55. The first-order valence-electron chi connectivity index (χ1n) is 10.3. The molecule has 0 aromatic heterocycles. The molecule has 2 aromatic carbocycles. The number of amides is 1. The van der Waals surface area contributed by atoms with Crippen molar-refractivity contribution in [2.45, 2.75) is 31.3 Å². The molecule has 1 saturated heterocycles. The summed E-state index contributed by atoms with van der Waals surface area (Å²) in [7, 11) is 0. The Morgan fingerprint density at radius 3 is 2.48 bits per heavy atom. The maximum Gasteiger partial charge on any atom is 0.240 e. The number of hydrogen-bond donors (Lipinski definition) is 2. The Kier molecular flexibility index (Phi) is 6.32. The van der Waals surface area contributed by atoms with Gasteiger partial charge in [0.05, 0.1) is 18.7 Å². The van der Waals surface area contributed by atoms with E-state index in [1.165, 1.54) is 0 Å². The molecule has 0 aliphatic carbocycles. The van der Waals surface area contributed by atoms with Gasteiger partial charge in [0.2, 0.25) is 5.91 Å². The van der Waals surface area contributed by atoms with Crippen molar-refractivity contribution in [3.63, 3.8) is 0 Å². The second-order valence-corrected chi connectivity index (χ2v) is 7.58.